The third kappa shape index (κ3) is 5.54. The van der Waals surface area contributed by atoms with Crippen LogP contribution in [0.4, 0.5) is 0 Å². The van der Waals surface area contributed by atoms with E-state index in [4.69, 9.17) is 9.47 Å². The highest BCUT2D eigenvalue weighted by Gasteiger charge is 2.46. The number of aryl methyl sites for hydroxylation is 1. The number of carbonyl (C=O) groups is 2. The zero-order valence-electron chi connectivity index (χ0n) is 21.6. The monoisotopic (exact) mass is 464 g/mol. The molecule has 1 aliphatic carbocycles. The summed E-state index contributed by atoms with van der Waals surface area (Å²) in [5.41, 5.74) is 5.60. The van der Waals surface area contributed by atoms with Gasteiger partial charge in [-0.1, -0.05) is 95.0 Å². The summed E-state index contributed by atoms with van der Waals surface area (Å²) in [6.45, 7) is 9.39. The van der Waals surface area contributed by atoms with Gasteiger partial charge in [-0.15, -0.1) is 0 Å². The van der Waals surface area contributed by atoms with Crippen LogP contribution in [-0.4, -0.2) is 11.9 Å². The lowest BCUT2D eigenvalue weighted by atomic mass is 9.70. The minimum Gasteiger partial charge on any atom is -0.423 e. The molecule has 1 aliphatic rings. The highest BCUT2D eigenvalue weighted by molar-refractivity contribution is 5.87. The largest absolute Gasteiger partial charge is 0.423 e. The van der Waals surface area contributed by atoms with E-state index >= 15 is 0 Å². The molecule has 34 heavy (non-hydrogen) atoms. The third-order valence-electron chi connectivity index (χ3n) is 6.99. The first-order valence-electron chi connectivity index (χ1n) is 13.0. The molecule has 184 valence electrons. The summed E-state index contributed by atoms with van der Waals surface area (Å²) in [5, 5.41) is 0. The Morgan fingerprint density at radius 3 is 1.91 bits per heavy atom. The van der Waals surface area contributed by atoms with Crippen molar-refractivity contribution < 1.29 is 19.1 Å². The molecule has 2 aromatic carbocycles. The Kier molecular flexibility index (Phi) is 8.93. The second-order valence-corrected chi connectivity index (χ2v) is 9.76. The molecule has 0 unspecified atom stereocenters. The van der Waals surface area contributed by atoms with E-state index in [-0.39, 0.29) is 5.41 Å². The van der Waals surface area contributed by atoms with Gasteiger partial charge < -0.3 is 9.47 Å². The topological polar surface area (TPSA) is 52.6 Å². The molecule has 2 aromatic rings. The smallest absolute Gasteiger partial charge is 0.308 e. The van der Waals surface area contributed by atoms with Crippen molar-refractivity contribution in [3.63, 3.8) is 0 Å². The van der Waals surface area contributed by atoms with Crippen molar-refractivity contribution in [3.05, 3.63) is 47.0 Å². The standard InChI is InChI=1S/C30H40O4/c1-6-8-10-12-18-30(19-13-11-9-7-2)26-20-21(3)14-15-24(26)25-16-17-27(33-22(4)31)29(28(25)30)34-23(5)32/h14-17,20H,6-13,18-19H2,1-5H3. The van der Waals surface area contributed by atoms with E-state index in [1.807, 2.05) is 6.07 Å². The van der Waals surface area contributed by atoms with Gasteiger partial charge in [0.25, 0.3) is 0 Å². The van der Waals surface area contributed by atoms with Crippen LogP contribution in [0.1, 0.15) is 109 Å². The first-order chi connectivity index (χ1) is 16.3. The molecular weight excluding hydrogens is 424 g/mol. The molecule has 3 rings (SSSR count). The SMILES string of the molecule is CCCCCCC1(CCCCCC)c2cc(C)ccc2-c2ccc(OC(C)=O)c(OC(C)=O)c21. The van der Waals surface area contributed by atoms with Crippen molar-refractivity contribution in [2.24, 2.45) is 0 Å². The first-order valence-corrected chi connectivity index (χ1v) is 13.0. The lowest BCUT2D eigenvalue weighted by molar-refractivity contribution is -0.134. The van der Waals surface area contributed by atoms with E-state index < -0.39 is 11.9 Å². The highest BCUT2D eigenvalue weighted by atomic mass is 16.6. The highest BCUT2D eigenvalue weighted by Crippen LogP contribution is 2.59. The summed E-state index contributed by atoms with van der Waals surface area (Å²) >= 11 is 0. The Hall–Kier alpha value is -2.62. The average Bonchev–Trinajstić information content (AvgIpc) is 3.05. The fourth-order valence-electron chi connectivity index (χ4n) is 5.52. The van der Waals surface area contributed by atoms with Crippen LogP contribution >= 0.6 is 0 Å². The molecule has 0 amide bonds. The van der Waals surface area contributed by atoms with E-state index in [2.05, 4.69) is 39.0 Å². The number of benzene rings is 2. The van der Waals surface area contributed by atoms with Gasteiger partial charge >= 0.3 is 11.9 Å². The van der Waals surface area contributed by atoms with E-state index in [0.29, 0.717) is 11.5 Å². The molecule has 0 radical (unpaired) electrons. The molecule has 0 saturated carbocycles. The molecule has 0 saturated heterocycles. The van der Waals surface area contributed by atoms with Gasteiger partial charge in [-0.05, 0) is 42.5 Å². The van der Waals surface area contributed by atoms with E-state index in [9.17, 15) is 9.59 Å². The zero-order chi connectivity index (χ0) is 24.7. The van der Waals surface area contributed by atoms with Crippen LogP contribution in [0.5, 0.6) is 11.5 Å². The first kappa shape index (κ1) is 26.0. The number of esters is 2. The fraction of sp³-hybridized carbons (Fsp3) is 0.533. The molecule has 0 aliphatic heterocycles. The van der Waals surface area contributed by atoms with E-state index in [1.165, 1.54) is 69.1 Å². The Labute approximate surface area is 205 Å². The molecule has 0 N–H and O–H groups in total. The summed E-state index contributed by atoms with van der Waals surface area (Å²) < 4.78 is 11.4. The van der Waals surface area contributed by atoms with Crippen molar-refractivity contribution in [3.8, 4) is 22.6 Å². The molecular formula is C30H40O4. The molecule has 0 spiro atoms. The van der Waals surface area contributed by atoms with Crippen LogP contribution in [0, 0.1) is 6.92 Å². The second kappa shape index (κ2) is 11.7. The predicted molar refractivity (Wildman–Crippen MR) is 138 cm³/mol. The number of unbranched alkanes of at least 4 members (excludes halogenated alkanes) is 6. The number of hydrogen-bond donors (Lipinski definition) is 0. The summed E-state index contributed by atoms with van der Waals surface area (Å²) in [6.07, 6.45) is 11.3. The van der Waals surface area contributed by atoms with Crippen LogP contribution in [0.15, 0.2) is 30.3 Å². The second-order valence-electron chi connectivity index (χ2n) is 9.76. The average molecular weight is 465 g/mol. The van der Waals surface area contributed by atoms with Crippen molar-refractivity contribution in [2.75, 3.05) is 0 Å². The quantitative estimate of drug-likeness (QED) is 0.181. The van der Waals surface area contributed by atoms with Gasteiger partial charge in [-0.2, -0.15) is 0 Å². The van der Waals surface area contributed by atoms with Gasteiger partial charge in [0.2, 0.25) is 0 Å². The number of rotatable bonds is 12. The van der Waals surface area contributed by atoms with Crippen LogP contribution in [0.25, 0.3) is 11.1 Å². The number of hydrogen-bond acceptors (Lipinski definition) is 4. The van der Waals surface area contributed by atoms with Crippen molar-refractivity contribution in [1.82, 2.24) is 0 Å². The minimum absolute atomic E-state index is 0.265. The number of carbonyl (C=O) groups excluding carboxylic acids is 2. The predicted octanol–water partition coefficient (Wildman–Crippen LogP) is 8.05. The maximum Gasteiger partial charge on any atom is 0.308 e. The summed E-state index contributed by atoms with van der Waals surface area (Å²) in [6, 6.07) is 10.5. The van der Waals surface area contributed by atoms with Gasteiger partial charge in [0.15, 0.2) is 11.5 Å². The third-order valence-corrected chi connectivity index (χ3v) is 6.99. The summed E-state index contributed by atoms with van der Waals surface area (Å²) in [5.74, 6) is -0.0755. The van der Waals surface area contributed by atoms with Crippen LogP contribution in [0.2, 0.25) is 0 Å². The Morgan fingerprint density at radius 1 is 0.765 bits per heavy atom. The fourth-order valence-corrected chi connectivity index (χ4v) is 5.52. The van der Waals surface area contributed by atoms with Crippen LogP contribution in [-0.2, 0) is 15.0 Å². The van der Waals surface area contributed by atoms with Crippen molar-refractivity contribution in [2.45, 2.75) is 104 Å². The molecule has 4 nitrogen and oxygen atoms in total. The maximum atomic E-state index is 12.2. The van der Waals surface area contributed by atoms with Crippen molar-refractivity contribution >= 4 is 11.9 Å². The van der Waals surface area contributed by atoms with Gasteiger partial charge in [0.05, 0.1) is 0 Å². The Morgan fingerprint density at radius 2 is 1.35 bits per heavy atom. The van der Waals surface area contributed by atoms with Crippen LogP contribution < -0.4 is 9.47 Å². The van der Waals surface area contributed by atoms with Crippen molar-refractivity contribution in [1.29, 1.82) is 0 Å². The lowest BCUT2D eigenvalue weighted by Gasteiger charge is -2.34. The maximum absolute atomic E-state index is 12.2. The molecule has 0 heterocycles. The zero-order valence-corrected chi connectivity index (χ0v) is 21.6. The molecule has 0 aromatic heterocycles. The normalized spacial score (nSPS) is 13.3. The summed E-state index contributed by atoms with van der Waals surface area (Å²) in [7, 11) is 0. The van der Waals surface area contributed by atoms with Gasteiger partial charge in [0.1, 0.15) is 0 Å². The number of fused-ring (bicyclic) bond motifs is 3. The van der Waals surface area contributed by atoms with Gasteiger partial charge in [-0.25, -0.2) is 0 Å². The van der Waals surface area contributed by atoms with E-state index in [1.54, 1.807) is 6.07 Å². The molecule has 0 fully saturated rings. The Balaban J connectivity index is 2.24. The van der Waals surface area contributed by atoms with Gasteiger partial charge in [-0.3, -0.25) is 9.59 Å². The summed E-state index contributed by atoms with van der Waals surface area (Å²) in [4.78, 5) is 24.1. The van der Waals surface area contributed by atoms with Crippen LogP contribution in [0.3, 0.4) is 0 Å². The number of ether oxygens (including phenoxy) is 2. The van der Waals surface area contributed by atoms with E-state index in [0.717, 1.165) is 36.8 Å². The molecule has 0 atom stereocenters. The Bertz CT molecular complexity index is 1010. The minimum atomic E-state index is -0.420. The molecule has 0 bridgehead atoms. The van der Waals surface area contributed by atoms with Gasteiger partial charge in [0, 0.05) is 24.8 Å². The lowest BCUT2D eigenvalue weighted by Crippen LogP contribution is -2.27. The molecule has 4 heteroatoms.